The van der Waals surface area contributed by atoms with Crippen molar-refractivity contribution < 1.29 is 14.3 Å². The summed E-state index contributed by atoms with van der Waals surface area (Å²) in [5, 5.41) is 0. The number of hydrogen-bond acceptors (Lipinski definition) is 6. The third-order valence-corrected chi connectivity index (χ3v) is 4.98. The number of hydrogen-bond donors (Lipinski definition) is 0. The Labute approximate surface area is 152 Å². The summed E-state index contributed by atoms with van der Waals surface area (Å²) in [5.41, 5.74) is 1.21. The lowest BCUT2D eigenvalue weighted by molar-refractivity contribution is -0.169. The highest BCUT2D eigenvalue weighted by Gasteiger charge is 2.40. The van der Waals surface area contributed by atoms with Crippen LogP contribution in [0.1, 0.15) is 23.3 Å². The fraction of sp³-hybridized carbons (Fsp3) is 0.421. The molecule has 2 fully saturated rings. The van der Waals surface area contributed by atoms with Gasteiger partial charge in [0.15, 0.2) is 5.79 Å². The van der Waals surface area contributed by atoms with E-state index in [9.17, 15) is 4.79 Å². The maximum atomic E-state index is 12.8. The lowest BCUT2D eigenvalue weighted by atomic mass is 10.0. The molecule has 0 radical (unpaired) electrons. The first-order valence-electron chi connectivity index (χ1n) is 8.85. The molecule has 3 heterocycles. The number of aromatic nitrogens is 2. The van der Waals surface area contributed by atoms with E-state index in [-0.39, 0.29) is 5.91 Å². The molecular weight excluding hydrogens is 332 g/mol. The zero-order valence-corrected chi connectivity index (χ0v) is 14.8. The number of anilines is 2. The van der Waals surface area contributed by atoms with E-state index in [0.717, 1.165) is 37.4 Å². The van der Waals surface area contributed by atoms with Gasteiger partial charge in [-0.1, -0.05) is 18.2 Å². The number of amides is 1. The van der Waals surface area contributed by atoms with Gasteiger partial charge in [0, 0.05) is 44.7 Å². The first kappa shape index (κ1) is 16.9. The lowest BCUT2D eigenvalue weighted by Crippen LogP contribution is -2.45. The Hall–Kier alpha value is -2.51. The Balaban J connectivity index is 1.47. The van der Waals surface area contributed by atoms with Crippen LogP contribution in [0.4, 0.5) is 11.5 Å². The molecule has 1 aromatic heterocycles. The van der Waals surface area contributed by atoms with Gasteiger partial charge in [0.25, 0.3) is 5.91 Å². The molecule has 1 amide bonds. The number of piperidine rings is 1. The van der Waals surface area contributed by atoms with E-state index >= 15 is 0 Å². The second-order valence-corrected chi connectivity index (χ2v) is 6.56. The van der Waals surface area contributed by atoms with Crippen LogP contribution >= 0.6 is 0 Å². The van der Waals surface area contributed by atoms with Crippen LogP contribution in [0.15, 0.2) is 42.7 Å². The molecule has 136 valence electrons. The van der Waals surface area contributed by atoms with Gasteiger partial charge in [0.2, 0.25) is 0 Å². The van der Waals surface area contributed by atoms with E-state index in [2.05, 4.69) is 14.9 Å². The van der Waals surface area contributed by atoms with Gasteiger partial charge in [-0.2, -0.15) is 0 Å². The fourth-order valence-electron chi connectivity index (χ4n) is 3.44. The van der Waals surface area contributed by atoms with Crippen LogP contribution in [0.25, 0.3) is 0 Å². The standard InChI is InChI=1S/C19H22N4O3/c1-22(15-5-3-2-4-6-15)18(24)16-13-17(21-14-20-16)23-9-7-19(8-10-23)25-11-12-26-19/h2-6,13-14H,7-12H2,1H3. The highest BCUT2D eigenvalue weighted by molar-refractivity contribution is 6.04. The Bertz CT molecular complexity index is 767. The van der Waals surface area contributed by atoms with Gasteiger partial charge in [-0.3, -0.25) is 4.79 Å². The molecule has 2 aliphatic heterocycles. The second-order valence-electron chi connectivity index (χ2n) is 6.56. The molecule has 7 heteroatoms. The van der Waals surface area contributed by atoms with Gasteiger partial charge in [-0.05, 0) is 12.1 Å². The van der Waals surface area contributed by atoms with Crippen LogP contribution in [0.2, 0.25) is 0 Å². The van der Waals surface area contributed by atoms with E-state index in [4.69, 9.17) is 9.47 Å². The quantitative estimate of drug-likeness (QED) is 0.841. The summed E-state index contributed by atoms with van der Waals surface area (Å²) >= 11 is 0. The number of carbonyl (C=O) groups is 1. The van der Waals surface area contributed by atoms with Gasteiger partial charge in [0.1, 0.15) is 17.8 Å². The van der Waals surface area contributed by atoms with E-state index in [0.29, 0.717) is 18.9 Å². The zero-order valence-electron chi connectivity index (χ0n) is 14.8. The summed E-state index contributed by atoms with van der Waals surface area (Å²) in [6.45, 7) is 2.88. The monoisotopic (exact) mass is 354 g/mol. The molecule has 0 unspecified atom stereocenters. The van der Waals surface area contributed by atoms with Gasteiger partial charge in [-0.25, -0.2) is 9.97 Å². The minimum Gasteiger partial charge on any atom is -0.356 e. The van der Waals surface area contributed by atoms with Crippen molar-refractivity contribution in [3.63, 3.8) is 0 Å². The molecule has 1 spiro atoms. The predicted octanol–water partition coefficient (Wildman–Crippen LogP) is 2.10. The third-order valence-electron chi connectivity index (χ3n) is 4.98. The Morgan fingerprint density at radius 3 is 2.50 bits per heavy atom. The first-order chi connectivity index (χ1) is 12.7. The topological polar surface area (TPSA) is 67.8 Å². The molecule has 26 heavy (non-hydrogen) atoms. The third kappa shape index (κ3) is 3.27. The van der Waals surface area contributed by atoms with Crippen LogP contribution in [0.3, 0.4) is 0 Å². The van der Waals surface area contributed by atoms with E-state index in [1.165, 1.54) is 6.33 Å². The number of carbonyl (C=O) groups excluding carboxylic acids is 1. The van der Waals surface area contributed by atoms with Gasteiger partial charge in [0.05, 0.1) is 13.2 Å². The minimum atomic E-state index is -0.421. The largest absolute Gasteiger partial charge is 0.356 e. The van der Waals surface area contributed by atoms with E-state index in [1.807, 2.05) is 30.3 Å². The fourth-order valence-corrected chi connectivity index (χ4v) is 3.44. The van der Waals surface area contributed by atoms with Crippen molar-refractivity contribution in [2.45, 2.75) is 18.6 Å². The maximum absolute atomic E-state index is 12.8. The highest BCUT2D eigenvalue weighted by atomic mass is 16.7. The van der Waals surface area contributed by atoms with Crippen molar-refractivity contribution in [2.24, 2.45) is 0 Å². The van der Waals surface area contributed by atoms with Crippen LogP contribution in [0, 0.1) is 0 Å². The van der Waals surface area contributed by atoms with Gasteiger partial charge >= 0.3 is 0 Å². The van der Waals surface area contributed by atoms with Gasteiger partial charge < -0.3 is 19.3 Å². The number of nitrogens with zero attached hydrogens (tertiary/aromatic N) is 4. The predicted molar refractivity (Wildman–Crippen MR) is 97.3 cm³/mol. The van der Waals surface area contributed by atoms with E-state index < -0.39 is 5.79 Å². The summed E-state index contributed by atoms with van der Waals surface area (Å²) in [6, 6.07) is 11.3. The average Bonchev–Trinajstić information content (AvgIpc) is 3.16. The molecule has 7 nitrogen and oxygen atoms in total. The normalized spacial score (nSPS) is 18.9. The van der Waals surface area contributed by atoms with Crippen molar-refractivity contribution in [1.29, 1.82) is 0 Å². The van der Waals surface area contributed by atoms with Crippen LogP contribution in [0.5, 0.6) is 0 Å². The lowest BCUT2D eigenvalue weighted by Gasteiger charge is -2.38. The number of benzene rings is 1. The molecule has 0 saturated carbocycles. The number of ether oxygens (including phenoxy) is 2. The number of rotatable bonds is 3. The molecule has 0 atom stereocenters. The molecule has 2 aromatic rings. The van der Waals surface area contributed by atoms with Crippen molar-refractivity contribution in [1.82, 2.24) is 9.97 Å². The summed E-state index contributed by atoms with van der Waals surface area (Å²) < 4.78 is 11.5. The van der Waals surface area contributed by atoms with Crippen LogP contribution in [-0.4, -0.2) is 55.0 Å². The Morgan fingerprint density at radius 2 is 1.81 bits per heavy atom. The average molecular weight is 354 g/mol. The van der Waals surface area contributed by atoms with Crippen LogP contribution < -0.4 is 9.80 Å². The Kier molecular flexibility index (Phi) is 4.57. The smallest absolute Gasteiger partial charge is 0.276 e. The second kappa shape index (κ2) is 7.01. The molecule has 2 saturated heterocycles. The van der Waals surface area contributed by atoms with Crippen molar-refractivity contribution in [2.75, 3.05) is 43.2 Å². The first-order valence-corrected chi connectivity index (χ1v) is 8.85. The van der Waals surface area contributed by atoms with Gasteiger partial charge in [-0.15, -0.1) is 0 Å². The van der Waals surface area contributed by atoms with Crippen LogP contribution in [-0.2, 0) is 9.47 Å². The highest BCUT2D eigenvalue weighted by Crippen LogP contribution is 2.32. The SMILES string of the molecule is CN(C(=O)c1cc(N2CCC3(CC2)OCCO3)ncn1)c1ccccc1. The molecule has 0 bridgehead atoms. The van der Waals surface area contributed by atoms with E-state index in [1.54, 1.807) is 18.0 Å². The molecule has 4 rings (SSSR count). The minimum absolute atomic E-state index is 0.157. The molecule has 1 aromatic carbocycles. The molecule has 0 aliphatic carbocycles. The van der Waals surface area contributed by atoms with Crippen molar-refractivity contribution >= 4 is 17.4 Å². The van der Waals surface area contributed by atoms with Crippen molar-refractivity contribution in [3.05, 3.63) is 48.4 Å². The molecule has 0 N–H and O–H groups in total. The summed E-state index contributed by atoms with van der Waals surface area (Å²) in [7, 11) is 1.75. The number of para-hydroxylation sites is 1. The van der Waals surface area contributed by atoms with Crippen molar-refractivity contribution in [3.8, 4) is 0 Å². The zero-order chi connectivity index (χ0) is 18.0. The molecule has 2 aliphatic rings. The maximum Gasteiger partial charge on any atom is 0.276 e. The summed E-state index contributed by atoms with van der Waals surface area (Å²) in [5.74, 6) is 0.184. The summed E-state index contributed by atoms with van der Waals surface area (Å²) in [6.07, 6.45) is 3.04. The summed E-state index contributed by atoms with van der Waals surface area (Å²) in [4.78, 5) is 25.0. The Morgan fingerprint density at radius 1 is 1.12 bits per heavy atom. The molecular formula is C19H22N4O3.